The summed E-state index contributed by atoms with van der Waals surface area (Å²) in [6.45, 7) is 2.77. The Hall–Kier alpha value is -3.04. The monoisotopic (exact) mass is 353 g/mol. The molecule has 0 aliphatic heterocycles. The Labute approximate surface area is 153 Å². The molecule has 0 amide bonds. The number of esters is 1. The minimum Gasteiger partial charge on any atom is -0.492 e. The molecule has 6 heteroatoms. The van der Waals surface area contributed by atoms with Gasteiger partial charge in [-0.3, -0.25) is 0 Å². The normalized spacial score (nSPS) is 11.3. The van der Waals surface area contributed by atoms with E-state index in [-0.39, 0.29) is 0 Å². The topological polar surface area (TPSA) is 97.4 Å². The molecule has 0 bridgehead atoms. The Morgan fingerprint density at radius 2 is 2.00 bits per heavy atom. The molecule has 0 saturated carbocycles. The smallest absolute Gasteiger partial charge is 0.333 e. The number of methoxy groups -OCH3 is 1. The zero-order chi connectivity index (χ0) is 18.9. The molecule has 0 aliphatic carbocycles. The molecule has 0 radical (unpaired) electrons. The molecule has 0 aromatic heterocycles. The van der Waals surface area contributed by atoms with E-state index in [9.17, 15) is 4.79 Å². The summed E-state index contributed by atoms with van der Waals surface area (Å²) < 4.78 is 10.7. The van der Waals surface area contributed by atoms with Crippen molar-refractivity contribution >= 4 is 11.7 Å². The van der Waals surface area contributed by atoms with Crippen molar-refractivity contribution < 1.29 is 14.3 Å². The average molecular weight is 353 g/mol. The Bertz CT molecular complexity index is 782. The molecule has 1 unspecified atom stereocenters. The molecule has 2 aromatic carbocycles. The van der Waals surface area contributed by atoms with E-state index in [1.54, 1.807) is 24.3 Å². The van der Waals surface area contributed by atoms with E-state index in [1.807, 2.05) is 25.1 Å². The van der Waals surface area contributed by atoms with Gasteiger partial charge < -0.3 is 20.5 Å². The summed E-state index contributed by atoms with van der Waals surface area (Å²) >= 11 is 0. The van der Waals surface area contributed by atoms with Crippen molar-refractivity contribution in [2.75, 3.05) is 25.6 Å². The summed E-state index contributed by atoms with van der Waals surface area (Å²) in [4.78, 5) is 12.4. The number of carbonyl (C=O) groups excluding carboxylic acids is 1. The Morgan fingerprint density at radius 3 is 2.58 bits per heavy atom. The number of benzene rings is 2. The van der Waals surface area contributed by atoms with E-state index < -0.39 is 12.0 Å². The van der Waals surface area contributed by atoms with Crippen LogP contribution in [0.2, 0.25) is 0 Å². The summed E-state index contributed by atoms with van der Waals surface area (Å²) in [5.41, 5.74) is 8.55. The van der Waals surface area contributed by atoms with Gasteiger partial charge in [0, 0.05) is 17.8 Å². The van der Waals surface area contributed by atoms with Crippen molar-refractivity contribution in [3.05, 3.63) is 59.2 Å². The molecule has 2 aromatic rings. The summed E-state index contributed by atoms with van der Waals surface area (Å²) in [6.07, 6.45) is 0.828. The third-order valence-corrected chi connectivity index (χ3v) is 3.93. The van der Waals surface area contributed by atoms with Gasteiger partial charge in [0.1, 0.15) is 12.4 Å². The molecule has 0 aliphatic rings. The molecule has 136 valence electrons. The molecule has 0 saturated heterocycles. The Kier molecular flexibility index (Phi) is 7.01. The number of hydrogen-bond donors (Lipinski definition) is 2. The van der Waals surface area contributed by atoms with Crippen LogP contribution in [0.4, 0.5) is 5.69 Å². The van der Waals surface area contributed by atoms with Gasteiger partial charge in [0.05, 0.1) is 18.7 Å². The van der Waals surface area contributed by atoms with Gasteiger partial charge in [0.25, 0.3) is 0 Å². The third kappa shape index (κ3) is 4.74. The maximum atomic E-state index is 12.4. The highest BCUT2D eigenvalue weighted by Gasteiger charge is 2.25. The van der Waals surface area contributed by atoms with Gasteiger partial charge in [-0.2, -0.15) is 5.26 Å². The minimum atomic E-state index is -0.743. The van der Waals surface area contributed by atoms with Crippen molar-refractivity contribution in [3.8, 4) is 11.8 Å². The quantitative estimate of drug-likeness (QED) is 0.708. The lowest BCUT2D eigenvalue weighted by molar-refractivity contribution is -0.141. The Morgan fingerprint density at radius 1 is 1.27 bits per heavy atom. The number of nitriles is 1. The molecule has 6 nitrogen and oxygen atoms in total. The lowest BCUT2D eigenvalue weighted by Gasteiger charge is -2.22. The molecule has 0 fully saturated rings. The number of rotatable bonds is 8. The number of nitrogens with one attached hydrogen (secondary N) is 1. The van der Waals surface area contributed by atoms with Gasteiger partial charge in [0.2, 0.25) is 0 Å². The van der Waals surface area contributed by atoms with Crippen LogP contribution in [0.1, 0.15) is 29.7 Å². The number of aryl methyl sites for hydroxylation is 1. The maximum absolute atomic E-state index is 12.4. The van der Waals surface area contributed by atoms with E-state index in [1.165, 1.54) is 7.11 Å². The second-order valence-corrected chi connectivity index (χ2v) is 5.65. The van der Waals surface area contributed by atoms with Crippen LogP contribution in [-0.4, -0.2) is 26.2 Å². The van der Waals surface area contributed by atoms with Crippen LogP contribution < -0.4 is 15.8 Å². The highest BCUT2D eigenvalue weighted by Crippen LogP contribution is 2.30. The molecule has 3 N–H and O–H groups in total. The summed E-state index contributed by atoms with van der Waals surface area (Å²) in [5, 5.41) is 12.1. The number of nitrogens with zero attached hydrogens (tertiary/aromatic N) is 1. The SMILES string of the molecule is CCc1ccc(OCCN)c(C(Nc2ccc(C#N)cc2)C(=O)OC)c1. The minimum absolute atomic E-state index is 0.350. The number of carbonyl (C=O) groups is 1. The molecule has 26 heavy (non-hydrogen) atoms. The van der Waals surface area contributed by atoms with Crippen LogP contribution in [0.3, 0.4) is 0 Å². The predicted molar refractivity (Wildman–Crippen MR) is 99.9 cm³/mol. The van der Waals surface area contributed by atoms with Gasteiger partial charge in [-0.05, 0) is 48.4 Å². The number of ether oxygens (including phenoxy) is 2. The van der Waals surface area contributed by atoms with E-state index >= 15 is 0 Å². The van der Waals surface area contributed by atoms with E-state index in [0.717, 1.165) is 12.0 Å². The third-order valence-electron chi connectivity index (χ3n) is 3.93. The molecule has 2 rings (SSSR count). The zero-order valence-electron chi connectivity index (χ0n) is 15.0. The highest BCUT2D eigenvalue weighted by molar-refractivity contribution is 5.82. The van der Waals surface area contributed by atoms with Crippen molar-refractivity contribution in [1.29, 1.82) is 5.26 Å². The summed E-state index contributed by atoms with van der Waals surface area (Å²) in [6, 6.07) is 13.9. The maximum Gasteiger partial charge on any atom is 0.333 e. The van der Waals surface area contributed by atoms with Gasteiger partial charge in [-0.15, -0.1) is 0 Å². The van der Waals surface area contributed by atoms with Crippen molar-refractivity contribution in [1.82, 2.24) is 0 Å². The van der Waals surface area contributed by atoms with E-state index in [0.29, 0.717) is 35.7 Å². The van der Waals surface area contributed by atoms with E-state index in [2.05, 4.69) is 11.4 Å². The first-order valence-corrected chi connectivity index (χ1v) is 8.43. The zero-order valence-corrected chi connectivity index (χ0v) is 15.0. The number of hydrogen-bond acceptors (Lipinski definition) is 6. The molecular formula is C20H23N3O3. The lowest BCUT2D eigenvalue weighted by atomic mass is 10.0. The first-order chi connectivity index (χ1) is 12.6. The van der Waals surface area contributed by atoms with Crippen LogP contribution in [0.5, 0.6) is 5.75 Å². The van der Waals surface area contributed by atoms with Gasteiger partial charge in [0.15, 0.2) is 6.04 Å². The van der Waals surface area contributed by atoms with Crippen LogP contribution in [0.25, 0.3) is 0 Å². The molecule has 0 heterocycles. The standard InChI is InChI=1S/C20H23N3O3/c1-3-14-6-9-18(26-11-10-21)17(12-14)19(20(24)25-2)23-16-7-4-15(13-22)5-8-16/h4-9,12,19,23H,3,10-11,21H2,1-2H3. The second kappa shape index (κ2) is 9.44. The first-order valence-electron chi connectivity index (χ1n) is 8.43. The van der Waals surface area contributed by atoms with Crippen LogP contribution in [0, 0.1) is 11.3 Å². The van der Waals surface area contributed by atoms with E-state index in [4.69, 9.17) is 20.5 Å². The van der Waals surface area contributed by atoms with Crippen LogP contribution in [-0.2, 0) is 16.0 Å². The summed E-state index contributed by atoms with van der Waals surface area (Å²) in [5.74, 6) is 0.157. The first kappa shape index (κ1) is 19.3. The fraction of sp³-hybridized carbons (Fsp3) is 0.300. The Balaban J connectivity index is 2.41. The van der Waals surface area contributed by atoms with Crippen molar-refractivity contribution in [2.24, 2.45) is 5.73 Å². The van der Waals surface area contributed by atoms with Crippen molar-refractivity contribution in [2.45, 2.75) is 19.4 Å². The fourth-order valence-corrected chi connectivity index (χ4v) is 2.53. The molecular weight excluding hydrogens is 330 g/mol. The van der Waals surface area contributed by atoms with Crippen LogP contribution in [0.15, 0.2) is 42.5 Å². The lowest BCUT2D eigenvalue weighted by Crippen LogP contribution is -2.24. The largest absolute Gasteiger partial charge is 0.492 e. The molecule has 0 spiro atoms. The fourth-order valence-electron chi connectivity index (χ4n) is 2.53. The van der Waals surface area contributed by atoms with Crippen molar-refractivity contribution in [3.63, 3.8) is 0 Å². The summed E-state index contributed by atoms with van der Waals surface area (Å²) in [7, 11) is 1.35. The van der Waals surface area contributed by atoms with Crippen LogP contribution >= 0.6 is 0 Å². The van der Waals surface area contributed by atoms with Gasteiger partial charge in [-0.1, -0.05) is 13.0 Å². The highest BCUT2D eigenvalue weighted by atomic mass is 16.5. The number of nitrogens with two attached hydrogens (primary N) is 1. The number of anilines is 1. The van der Waals surface area contributed by atoms with Gasteiger partial charge in [-0.25, -0.2) is 4.79 Å². The molecule has 1 atom stereocenters. The average Bonchev–Trinajstić information content (AvgIpc) is 2.70. The predicted octanol–water partition coefficient (Wildman–Crippen LogP) is 2.78. The van der Waals surface area contributed by atoms with Gasteiger partial charge >= 0.3 is 5.97 Å². The second-order valence-electron chi connectivity index (χ2n) is 5.65.